The van der Waals surface area contributed by atoms with Gasteiger partial charge >= 0.3 is 0 Å². The lowest BCUT2D eigenvalue weighted by atomic mass is 10.00. The van der Waals surface area contributed by atoms with Crippen LogP contribution in [0.3, 0.4) is 0 Å². The summed E-state index contributed by atoms with van der Waals surface area (Å²) in [5.41, 5.74) is 3.57. The van der Waals surface area contributed by atoms with Crippen LogP contribution in [0.5, 0.6) is 0 Å². The third-order valence-corrected chi connectivity index (χ3v) is 4.57. The van der Waals surface area contributed by atoms with Gasteiger partial charge in [-0.15, -0.1) is 0 Å². The number of rotatable bonds is 3. The van der Waals surface area contributed by atoms with Crippen molar-refractivity contribution in [3.63, 3.8) is 0 Å². The van der Waals surface area contributed by atoms with E-state index < -0.39 is 0 Å². The second-order valence-corrected chi connectivity index (χ2v) is 6.13. The summed E-state index contributed by atoms with van der Waals surface area (Å²) in [5.74, 6) is -0.425. The number of amides is 2. The molecule has 0 saturated heterocycles. The fraction of sp³-hybridized carbons (Fsp3) is 0.211. The summed E-state index contributed by atoms with van der Waals surface area (Å²) in [4.78, 5) is 26.6. The zero-order chi connectivity index (χ0) is 17.2. The average molecular weight is 334 g/mol. The van der Waals surface area contributed by atoms with Crippen LogP contribution in [-0.2, 0) is 17.8 Å². The van der Waals surface area contributed by atoms with E-state index in [9.17, 15) is 9.59 Å². The number of hydrogen-bond acceptors (Lipinski definition) is 3. The summed E-state index contributed by atoms with van der Waals surface area (Å²) in [5, 5.41) is 10.3. The number of para-hydroxylation sites is 1. The van der Waals surface area contributed by atoms with Crippen LogP contribution >= 0.6 is 0 Å². The van der Waals surface area contributed by atoms with Crippen molar-refractivity contribution in [2.75, 3.05) is 13.1 Å². The summed E-state index contributed by atoms with van der Waals surface area (Å²) in [6.07, 6.45) is 0.847. The van der Waals surface area contributed by atoms with Crippen LogP contribution in [0.25, 0.3) is 10.9 Å². The topological polar surface area (TPSA) is 78.1 Å². The summed E-state index contributed by atoms with van der Waals surface area (Å²) in [6, 6.07) is 15.6. The first-order valence-electron chi connectivity index (χ1n) is 8.28. The lowest BCUT2D eigenvalue weighted by molar-refractivity contribution is -0.131. The molecule has 1 aromatic heterocycles. The van der Waals surface area contributed by atoms with E-state index in [2.05, 4.69) is 21.6 Å². The van der Waals surface area contributed by atoms with Gasteiger partial charge in [-0.25, -0.2) is 0 Å². The fourth-order valence-corrected chi connectivity index (χ4v) is 3.20. The molecule has 0 atom stereocenters. The van der Waals surface area contributed by atoms with Gasteiger partial charge in [-0.05, 0) is 23.6 Å². The maximum absolute atomic E-state index is 12.4. The monoisotopic (exact) mass is 334 g/mol. The van der Waals surface area contributed by atoms with Crippen LogP contribution in [0.1, 0.15) is 21.6 Å². The Hall–Kier alpha value is -3.15. The molecule has 0 unspecified atom stereocenters. The molecule has 126 valence electrons. The number of H-pyrrole nitrogens is 1. The van der Waals surface area contributed by atoms with E-state index in [0.717, 1.165) is 17.3 Å². The Morgan fingerprint density at radius 3 is 2.72 bits per heavy atom. The van der Waals surface area contributed by atoms with Crippen molar-refractivity contribution < 1.29 is 9.59 Å². The first-order valence-corrected chi connectivity index (χ1v) is 8.28. The molecule has 0 fully saturated rings. The van der Waals surface area contributed by atoms with E-state index in [1.165, 1.54) is 11.1 Å². The third-order valence-electron chi connectivity index (χ3n) is 4.57. The molecule has 1 aliphatic heterocycles. The fourth-order valence-electron chi connectivity index (χ4n) is 3.20. The molecule has 0 bridgehead atoms. The predicted molar refractivity (Wildman–Crippen MR) is 94.0 cm³/mol. The number of carbonyl (C=O) groups is 2. The van der Waals surface area contributed by atoms with Crippen molar-refractivity contribution in [3.05, 3.63) is 65.4 Å². The highest BCUT2D eigenvalue weighted by molar-refractivity contribution is 6.05. The zero-order valence-electron chi connectivity index (χ0n) is 13.7. The molecule has 2 N–H and O–H groups in total. The van der Waals surface area contributed by atoms with Gasteiger partial charge in [0.15, 0.2) is 5.69 Å². The van der Waals surface area contributed by atoms with Crippen molar-refractivity contribution in [3.8, 4) is 0 Å². The Kier molecular flexibility index (Phi) is 3.93. The number of aromatic nitrogens is 2. The van der Waals surface area contributed by atoms with Crippen LogP contribution < -0.4 is 5.32 Å². The minimum absolute atomic E-state index is 0.0256. The first-order chi connectivity index (χ1) is 12.2. The van der Waals surface area contributed by atoms with E-state index in [1.807, 2.05) is 42.5 Å². The zero-order valence-corrected chi connectivity index (χ0v) is 13.7. The van der Waals surface area contributed by atoms with Gasteiger partial charge in [0.05, 0.1) is 12.1 Å². The molecule has 6 nitrogen and oxygen atoms in total. The summed E-state index contributed by atoms with van der Waals surface area (Å²) >= 11 is 0. The van der Waals surface area contributed by atoms with E-state index in [0.29, 0.717) is 18.8 Å². The maximum atomic E-state index is 12.4. The lowest BCUT2D eigenvalue weighted by Gasteiger charge is -2.28. The van der Waals surface area contributed by atoms with Gasteiger partial charge in [-0.3, -0.25) is 14.7 Å². The molecule has 0 radical (unpaired) electrons. The molecule has 3 aromatic rings. The van der Waals surface area contributed by atoms with E-state index in [-0.39, 0.29) is 18.4 Å². The number of nitrogens with one attached hydrogen (secondary N) is 2. The van der Waals surface area contributed by atoms with Crippen LogP contribution in [-0.4, -0.2) is 40.0 Å². The average Bonchev–Trinajstić information content (AvgIpc) is 3.09. The normalized spacial score (nSPS) is 13.5. The first kappa shape index (κ1) is 15.4. The molecule has 4 rings (SSSR count). The van der Waals surface area contributed by atoms with Gasteiger partial charge in [-0.1, -0.05) is 42.5 Å². The van der Waals surface area contributed by atoms with Crippen LogP contribution in [0.4, 0.5) is 0 Å². The van der Waals surface area contributed by atoms with E-state index >= 15 is 0 Å². The number of hydrogen-bond donors (Lipinski definition) is 2. The SMILES string of the molecule is O=C(NCC(=O)N1CCc2ccccc2C1)c1n[nH]c2ccccc12. The molecule has 0 saturated carbocycles. The molecule has 2 aromatic carbocycles. The highest BCUT2D eigenvalue weighted by atomic mass is 16.2. The third kappa shape index (κ3) is 2.98. The van der Waals surface area contributed by atoms with Crippen molar-refractivity contribution in [1.82, 2.24) is 20.4 Å². The minimum atomic E-state index is -0.344. The Morgan fingerprint density at radius 2 is 1.84 bits per heavy atom. The molecule has 25 heavy (non-hydrogen) atoms. The van der Waals surface area contributed by atoms with Gasteiger partial charge < -0.3 is 10.2 Å². The number of fused-ring (bicyclic) bond motifs is 2. The molecule has 0 aliphatic carbocycles. The largest absolute Gasteiger partial charge is 0.342 e. The van der Waals surface area contributed by atoms with Crippen LogP contribution in [0, 0.1) is 0 Å². The number of nitrogens with zero attached hydrogens (tertiary/aromatic N) is 2. The number of carbonyl (C=O) groups excluding carboxylic acids is 2. The summed E-state index contributed by atoms with van der Waals surface area (Å²) in [7, 11) is 0. The molecule has 2 heterocycles. The van der Waals surface area contributed by atoms with Crippen molar-refractivity contribution in [1.29, 1.82) is 0 Å². The number of aromatic amines is 1. The quantitative estimate of drug-likeness (QED) is 0.768. The van der Waals surface area contributed by atoms with Crippen molar-refractivity contribution in [2.24, 2.45) is 0 Å². The van der Waals surface area contributed by atoms with Gasteiger partial charge in [0.25, 0.3) is 5.91 Å². The van der Waals surface area contributed by atoms with Gasteiger partial charge in [-0.2, -0.15) is 5.10 Å². The van der Waals surface area contributed by atoms with E-state index in [4.69, 9.17) is 0 Å². The molecule has 6 heteroatoms. The second-order valence-electron chi connectivity index (χ2n) is 6.13. The standard InChI is InChI=1S/C19H18N4O2/c24-17(23-10-9-13-5-1-2-6-14(13)12-23)11-20-19(25)18-15-7-3-4-8-16(15)21-22-18/h1-8H,9-12H2,(H,20,25)(H,21,22). The lowest BCUT2D eigenvalue weighted by Crippen LogP contribution is -2.42. The van der Waals surface area contributed by atoms with Gasteiger partial charge in [0.2, 0.25) is 5.91 Å². The Bertz CT molecular complexity index is 947. The Labute approximate surface area is 144 Å². The predicted octanol–water partition coefficient (Wildman–Crippen LogP) is 1.88. The van der Waals surface area contributed by atoms with Gasteiger partial charge in [0, 0.05) is 18.5 Å². The Balaban J connectivity index is 1.40. The maximum Gasteiger partial charge on any atom is 0.272 e. The molecule has 1 aliphatic rings. The van der Waals surface area contributed by atoms with Gasteiger partial charge in [0.1, 0.15) is 0 Å². The molecule has 2 amide bonds. The molecule has 0 spiro atoms. The summed E-state index contributed by atoms with van der Waals surface area (Å²) in [6.45, 7) is 1.25. The highest BCUT2D eigenvalue weighted by Crippen LogP contribution is 2.18. The Morgan fingerprint density at radius 1 is 1.08 bits per heavy atom. The van der Waals surface area contributed by atoms with Crippen LogP contribution in [0.15, 0.2) is 48.5 Å². The minimum Gasteiger partial charge on any atom is -0.342 e. The van der Waals surface area contributed by atoms with Crippen molar-refractivity contribution >= 4 is 22.7 Å². The summed E-state index contributed by atoms with van der Waals surface area (Å²) < 4.78 is 0. The molecular formula is C19H18N4O2. The number of benzene rings is 2. The highest BCUT2D eigenvalue weighted by Gasteiger charge is 2.21. The van der Waals surface area contributed by atoms with E-state index in [1.54, 1.807) is 4.90 Å². The van der Waals surface area contributed by atoms with Crippen molar-refractivity contribution in [2.45, 2.75) is 13.0 Å². The smallest absolute Gasteiger partial charge is 0.272 e. The molecular weight excluding hydrogens is 316 g/mol. The second kappa shape index (κ2) is 6.39. The van der Waals surface area contributed by atoms with Crippen LogP contribution in [0.2, 0.25) is 0 Å².